The van der Waals surface area contributed by atoms with Crippen molar-refractivity contribution in [2.75, 3.05) is 39.5 Å². The van der Waals surface area contributed by atoms with Gasteiger partial charge in [0.1, 0.15) is 6.61 Å². The Hall–Kier alpha value is -0.330. The molecule has 0 aromatic rings. The summed E-state index contributed by atoms with van der Waals surface area (Å²) in [6.07, 6.45) is -4.26. The second kappa shape index (κ2) is 7.86. The Morgan fingerprint density at radius 1 is 1.25 bits per heavy atom. The molecule has 0 aliphatic carbocycles. The second-order valence-corrected chi connectivity index (χ2v) is 4.09. The molecule has 6 heteroatoms. The maximum absolute atomic E-state index is 11.8. The van der Waals surface area contributed by atoms with Crippen molar-refractivity contribution in [2.24, 2.45) is 5.92 Å². The molecule has 3 nitrogen and oxygen atoms in total. The van der Waals surface area contributed by atoms with Gasteiger partial charge in [0.15, 0.2) is 0 Å². The van der Waals surface area contributed by atoms with Crippen molar-refractivity contribution in [1.82, 2.24) is 4.90 Å². The van der Waals surface area contributed by atoms with Gasteiger partial charge in [0.25, 0.3) is 0 Å². The molecule has 0 radical (unpaired) electrons. The van der Waals surface area contributed by atoms with Crippen LogP contribution in [-0.4, -0.2) is 55.6 Å². The van der Waals surface area contributed by atoms with Crippen LogP contribution in [0.15, 0.2) is 0 Å². The van der Waals surface area contributed by atoms with Crippen LogP contribution in [0.4, 0.5) is 13.2 Å². The Balaban J connectivity index is 3.67. The summed E-state index contributed by atoms with van der Waals surface area (Å²) < 4.78 is 39.8. The van der Waals surface area contributed by atoms with Crippen molar-refractivity contribution in [3.63, 3.8) is 0 Å². The van der Waals surface area contributed by atoms with Gasteiger partial charge in [-0.05, 0) is 5.92 Å². The van der Waals surface area contributed by atoms with Gasteiger partial charge in [-0.15, -0.1) is 0 Å². The summed E-state index contributed by atoms with van der Waals surface area (Å²) in [5.74, 6) is 0.411. The van der Waals surface area contributed by atoms with E-state index in [0.29, 0.717) is 19.0 Å². The van der Waals surface area contributed by atoms with Gasteiger partial charge in [-0.25, -0.2) is 0 Å². The van der Waals surface area contributed by atoms with Crippen molar-refractivity contribution in [1.29, 1.82) is 0 Å². The maximum Gasteiger partial charge on any atom is 0.411 e. The third-order valence-corrected chi connectivity index (χ3v) is 1.86. The topological polar surface area (TPSA) is 32.7 Å². The molecule has 0 saturated carbocycles. The number of ether oxygens (including phenoxy) is 1. The predicted octanol–water partition coefficient (Wildman–Crippen LogP) is 1.52. The lowest BCUT2D eigenvalue weighted by Crippen LogP contribution is -2.34. The zero-order valence-corrected chi connectivity index (χ0v) is 9.76. The lowest BCUT2D eigenvalue weighted by atomic mass is 10.2. The van der Waals surface area contributed by atoms with Gasteiger partial charge < -0.3 is 9.84 Å². The third-order valence-electron chi connectivity index (χ3n) is 1.86. The van der Waals surface area contributed by atoms with E-state index in [1.165, 1.54) is 0 Å². The number of nitrogens with zero attached hydrogens (tertiary/aromatic N) is 1. The van der Waals surface area contributed by atoms with Gasteiger partial charge in [-0.2, -0.15) is 13.2 Å². The number of halogens is 3. The van der Waals surface area contributed by atoms with E-state index in [1.807, 2.05) is 18.7 Å². The molecule has 0 aliphatic rings. The summed E-state index contributed by atoms with van der Waals surface area (Å²) >= 11 is 0. The Kier molecular flexibility index (Phi) is 7.70. The van der Waals surface area contributed by atoms with Crippen molar-refractivity contribution < 1.29 is 23.0 Å². The molecule has 0 atom stereocenters. The highest BCUT2D eigenvalue weighted by Gasteiger charge is 2.27. The van der Waals surface area contributed by atoms with E-state index in [1.54, 1.807) is 0 Å². The maximum atomic E-state index is 11.8. The Labute approximate surface area is 94.2 Å². The zero-order valence-electron chi connectivity index (χ0n) is 9.76. The molecule has 0 spiro atoms. The molecule has 0 bridgehead atoms. The van der Waals surface area contributed by atoms with Crippen LogP contribution in [0.1, 0.15) is 13.8 Å². The van der Waals surface area contributed by atoms with Gasteiger partial charge in [0, 0.05) is 19.6 Å². The number of aliphatic hydroxyl groups is 1. The van der Waals surface area contributed by atoms with Gasteiger partial charge in [-0.3, -0.25) is 4.90 Å². The van der Waals surface area contributed by atoms with Crippen LogP contribution >= 0.6 is 0 Å². The molecule has 0 saturated heterocycles. The highest BCUT2D eigenvalue weighted by atomic mass is 19.4. The normalized spacial score (nSPS) is 12.8. The average molecular weight is 243 g/mol. The van der Waals surface area contributed by atoms with Crippen molar-refractivity contribution in [3.05, 3.63) is 0 Å². The number of rotatable bonds is 8. The van der Waals surface area contributed by atoms with Crippen LogP contribution in [0.3, 0.4) is 0 Å². The summed E-state index contributed by atoms with van der Waals surface area (Å²) in [6, 6.07) is 0. The van der Waals surface area contributed by atoms with Crippen LogP contribution in [0.2, 0.25) is 0 Å². The first-order valence-electron chi connectivity index (χ1n) is 5.33. The predicted molar refractivity (Wildman–Crippen MR) is 55.2 cm³/mol. The molecule has 98 valence electrons. The van der Waals surface area contributed by atoms with E-state index < -0.39 is 12.8 Å². The summed E-state index contributed by atoms with van der Waals surface area (Å²) in [5, 5.41) is 8.77. The highest BCUT2D eigenvalue weighted by molar-refractivity contribution is 4.59. The van der Waals surface area contributed by atoms with E-state index in [-0.39, 0.29) is 13.2 Å². The fourth-order valence-corrected chi connectivity index (χ4v) is 1.33. The summed E-state index contributed by atoms with van der Waals surface area (Å²) in [4.78, 5) is 1.89. The molecule has 0 amide bonds. The molecule has 0 aromatic carbocycles. The number of hydrogen-bond donors (Lipinski definition) is 1. The van der Waals surface area contributed by atoms with Crippen LogP contribution in [0.25, 0.3) is 0 Å². The van der Waals surface area contributed by atoms with E-state index in [0.717, 1.165) is 6.54 Å². The van der Waals surface area contributed by atoms with Crippen LogP contribution in [0, 0.1) is 5.92 Å². The van der Waals surface area contributed by atoms with E-state index in [9.17, 15) is 13.2 Å². The minimum Gasteiger partial charge on any atom is -0.395 e. The first-order valence-corrected chi connectivity index (χ1v) is 5.33. The minimum atomic E-state index is -4.26. The van der Waals surface area contributed by atoms with Crippen molar-refractivity contribution >= 4 is 0 Å². The monoisotopic (exact) mass is 243 g/mol. The lowest BCUT2D eigenvalue weighted by Gasteiger charge is -2.23. The van der Waals surface area contributed by atoms with Crippen LogP contribution in [-0.2, 0) is 4.74 Å². The highest BCUT2D eigenvalue weighted by Crippen LogP contribution is 2.14. The molecule has 0 aromatic heterocycles. The fraction of sp³-hybridized carbons (Fsp3) is 1.00. The summed E-state index contributed by atoms with van der Waals surface area (Å²) in [5.41, 5.74) is 0. The number of hydrogen-bond acceptors (Lipinski definition) is 3. The van der Waals surface area contributed by atoms with Crippen LogP contribution < -0.4 is 0 Å². The largest absolute Gasteiger partial charge is 0.411 e. The van der Waals surface area contributed by atoms with Gasteiger partial charge in [0.2, 0.25) is 0 Å². The Bertz CT molecular complexity index is 174. The third kappa shape index (κ3) is 10.2. The first kappa shape index (κ1) is 15.7. The van der Waals surface area contributed by atoms with Gasteiger partial charge >= 0.3 is 6.18 Å². The fourth-order valence-electron chi connectivity index (χ4n) is 1.33. The molecular weight excluding hydrogens is 223 g/mol. The Morgan fingerprint density at radius 3 is 2.31 bits per heavy atom. The average Bonchev–Trinajstić information content (AvgIpc) is 2.10. The number of aliphatic hydroxyl groups excluding tert-OH is 1. The molecule has 0 rings (SSSR count). The molecule has 1 N–H and O–H groups in total. The quantitative estimate of drug-likeness (QED) is 0.656. The number of alkyl halides is 3. The molecule has 0 fully saturated rings. The lowest BCUT2D eigenvalue weighted by molar-refractivity contribution is -0.174. The molecule has 16 heavy (non-hydrogen) atoms. The molecular formula is C10H20F3NO2. The van der Waals surface area contributed by atoms with Crippen molar-refractivity contribution in [2.45, 2.75) is 20.0 Å². The van der Waals surface area contributed by atoms with E-state index >= 15 is 0 Å². The summed E-state index contributed by atoms with van der Waals surface area (Å²) in [7, 11) is 0. The SMILES string of the molecule is CC(C)CN(CCO)CCOCC(F)(F)F. The van der Waals surface area contributed by atoms with Crippen molar-refractivity contribution in [3.8, 4) is 0 Å². The Morgan fingerprint density at radius 2 is 1.88 bits per heavy atom. The summed E-state index contributed by atoms with van der Waals surface area (Å²) in [6.45, 7) is 4.49. The standard InChI is InChI=1S/C10H20F3NO2/c1-9(2)7-14(3-5-15)4-6-16-8-10(11,12)13/h9,15H,3-8H2,1-2H3. The van der Waals surface area contributed by atoms with E-state index in [2.05, 4.69) is 4.74 Å². The van der Waals surface area contributed by atoms with E-state index in [4.69, 9.17) is 5.11 Å². The second-order valence-electron chi connectivity index (χ2n) is 4.09. The van der Waals surface area contributed by atoms with Gasteiger partial charge in [-0.1, -0.05) is 13.8 Å². The smallest absolute Gasteiger partial charge is 0.395 e. The first-order chi connectivity index (χ1) is 7.35. The zero-order chi connectivity index (χ0) is 12.6. The van der Waals surface area contributed by atoms with Gasteiger partial charge in [0.05, 0.1) is 13.2 Å². The minimum absolute atomic E-state index is 0.00594. The molecule has 0 aliphatic heterocycles. The van der Waals surface area contributed by atoms with Crippen LogP contribution in [0.5, 0.6) is 0 Å². The molecule has 0 unspecified atom stereocenters. The molecule has 0 heterocycles.